The third-order valence-corrected chi connectivity index (χ3v) is 8.72. The number of nitrogens with zero attached hydrogens (tertiary/aromatic N) is 2. The molecule has 0 saturated carbocycles. The fraction of sp³-hybridized carbons (Fsp3) is 0.424. The van der Waals surface area contributed by atoms with Gasteiger partial charge in [-0.2, -0.15) is 5.26 Å². The molecule has 0 fully saturated rings. The van der Waals surface area contributed by atoms with Crippen LogP contribution in [0.1, 0.15) is 54.0 Å². The van der Waals surface area contributed by atoms with Gasteiger partial charge in [-0.15, -0.1) is 11.8 Å². The van der Waals surface area contributed by atoms with E-state index in [2.05, 4.69) is 66.4 Å². The van der Waals surface area contributed by atoms with Crippen molar-refractivity contribution in [1.29, 1.82) is 5.26 Å². The second-order valence-corrected chi connectivity index (χ2v) is 11.4. The Balaban J connectivity index is 1.47. The van der Waals surface area contributed by atoms with E-state index in [1.807, 2.05) is 6.07 Å². The minimum Gasteiger partial charge on any atom is -0.493 e. The molecule has 1 aliphatic heterocycles. The Morgan fingerprint density at radius 2 is 1.52 bits per heavy atom. The molecule has 0 aliphatic carbocycles. The Kier molecular flexibility index (Phi) is 10.6. The first-order valence-corrected chi connectivity index (χ1v) is 14.7. The van der Waals surface area contributed by atoms with Gasteiger partial charge in [0, 0.05) is 11.4 Å². The van der Waals surface area contributed by atoms with Crippen LogP contribution in [-0.2, 0) is 6.42 Å². The summed E-state index contributed by atoms with van der Waals surface area (Å²) in [6.45, 7) is 4.00. The van der Waals surface area contributed by atoms with Gasteiger partial charge in [0.25, 0.3) is 0 Å². The van der Waals surface area contributed by atoms with Crippen LogP contribution in [-0.4, -0.2) is 51.7 Å². The summed E-state index contributed by atoms with van der Waals surface area (Å²) in [7, 11) is 6.70. The lowest BCUT2D eigenvalue weighted by molar-refractivity contribution is 0.207. The van der Waals surface area contributed by atoms with Crippen LogP contribution < -0.4 is 18.9 Å². The molecule has 2 atom stereocenters. The van der Waals surface area contributed by atoms with Gasteiger partial charge in [-0.25, -0.2) is 0 Å². The topological polar surface area (TPSA) is 64.0 Å². The highest BCUT2D eigenvalue weighted by atomic mass is 32.2. The maximum Gasteiger partial charge on any atom is 0.161 e. The molecule has 0 amide bonds. The summed E-state index contributed by atoms with van der Waals surface area (Å²) < 4.78 is 22.4. The predicted molar refractivity (Wildman–Crippen MR) is 161 cm³/mol. The van der Waals surface area contributed by atoms with Crippen molar-refractivity contribution in [2.24, 2.45) is 0 Å². The van der Waals surface area contributed by atoms with E-state index < -0.39 is 0 Å². The van der Waals surface area contributed by atoms with Crippen LogP contribution in [0.2, 0.25) is 0 Å². The quantitative estimate of drug-likeness (QED) is 0.161. The summed E-state index contributed by atoms with van der Waals surface area (Å²) >= 11 is 1.67. The standard InChI is InChI=1S/C33H40N2O4S/c1-23-10-13-26(14-11-23)40-27(22-34)9-7-6-8-17-35-18-16-24-19-31(38-4)32(39-5)21-28(24)33(35)25-12-15-29(36-2)30(20-25)37-3/h10-15,19-21,27,33H,6-9,16-18H2,1-5H3. The highest BCUT2D eigenvalue weighted by Gasteiger charge is 2.31. The highest BCUT2D eigenvalue weighted by molar-refractivity contribution is 8.00. The molecule has 3 aromatic carbocycles. The van der Waals surface area contributed by atoms with Crippen LogP contribution in [0.3, 0.4) is 0 Å². The molecule has 0 aromatic heterocycles. The number of hydrogen-bond donors (Lipinski definition) is 0. The van der Waals surface area contributed by atoms with Crippen LogP contribution in [0.15, 0.2) is 59.5 Å². The van der Waals surface area contributed by atoms with Gasteiger partial charge in [0.2, 0.25) is 0 Å². The molecule has 0 saturated heterocycles. The third-order valence-electron chi connectivity index (χ3n) is 7.55. The van der Waals surface area contributed by atoms with Crippen LogP contribution >= 0.6 is 11.8 Å². The molecule has 40 heavy (non-hydrogen) atoms. The molecule has 2 unspecified atom stereocenters. The van der Waals surface area contributed by atoms with E-state index in [9.17, 15) is 5.26 Å². The Hall–Kier alpha value is -3.34. The zero-order chi connectivity index (χ0) is 28.5. The second-order valence-electron chi connectivity index (χ2n) is 10.1. The van der Waals surface area contributed by atoms with Crippen molar-refractivity contribution in [3.8, 4) is 29.1 Å². The highest BCUT2D eigenvalue weighted by Crippen LogP contribution is 2.43. The average molecular weight is 561 g/mol. The van der Waals surface area contributed by atoms with E-state index in [0.29, 0.717) is 0 Å². The van der Waals surface area contributed by atoms with Gasteiger partial charge in [0.15, 0.2) is 23.0 Å². The number of thioether (sulfide) groups is 1. The smallest absolute Gasteiger partial charge is 0.161 e. The van der Waals surface area contributed by atoms with Gasteiger partial charge in [-0.1, -0.05) is 36.6 Å². The van der Waals surface area contributed by atoms with Crippen molar-refractivity contribution in [3.05, 3.63) is 76.9 Å². The lowest BCUT2D eigenvalue weighted by Gasteiger charge is -2.38. The zero-order valence-electron chi connectivity index (χ0n) is 24.2. The monoisotopic (exact) mass is 560 g/mol. The van der Waals surface area contributed by atoms with Crippen molar-refractivity contribution in [3.63, 3.8) is 0 Å². The van der Waals surface area contributed by atoms with Gasteiger partial charge in [-0.3, -0.25) is 4.90 Å². The van der Waals surface area contributed by atoms with E-state index in [-0.39, 0.29) is 11.3 Å². The van der Waals surface area contributed by atoms with Crippen LogP contribution in [0.5, 0.6) is 23.0 Å². The Bertz CT molecular complexity index is 1310. The summed E-state index contributed by atoms with van der Waals surface area (Å²) in [5, 5.41) is 9.68. The van der Waals surface area contributed by atoms with E-state index >= 15 is 0 Å². The summed E-state index contributed by atoms with van der Waals surface area (Å²) in [4.78, 5) is 3.71. The van der Waals surface area contributed by atoms with Crippen molar-refractivity contribution in [1.82, 2.24) is 4.90 Å². The molecule has 0 radical (unpaired) electrons. The molecule has 0 spiro atoms. The third kappa shape index (κ3) is 7.04. The van der Waals surface area contributed by atoms with Crippen molar-refractivity contribution in [2.45, 2.75) is 55.2 Å². The molecule has 0 bridgehead atoms. The molecular weight excluding hydrogens is 520 g/mol. The number of rotatable bonds is 13. The van der Waals surface area contributed by atoms with Crippen molar-refractivity contribution < 1.29 is 18.9 Å². The number of methoxy groups -OCH3 is 4. The first-order chi connectivity index (χ1) is 19.5. The first-order valence-electron chi connectivity index (χ1n) is 13.8. The number of nitriles is 1. The van der Waals surface area contributed by atoms with Gasteiger partial charge in [-0.05, 0) is 85.8 Å². The number of fused-ring (bicyclic) bond motifs is 1. The predicted octanol–water partition coefficient (Wildman–Crippen LogP) is 7.22. The number of unbranched alkanes of at least 4 members (excludes halogenated alkanes) is 2. The summed E-state index contributed by atoms with van der Waals surface area (Å²) in [5.74, 6) is 2.94. The Labute approximate surface area is 243 Å². The Morgan fingerprint density at radius 1 is 0.850 bits per heavy atom. The lowest BCUT2D eigenvalue weighted by Crippen LogP contribution is -2.37. The number of ether oxygens (including phenoxy) is 4. The molecule has 7 heteroatoms. The van der Waals surface area contributed by atoms with Crippen molar-refractivity contribution in [2.75, 3.05) is 41.5 Å². The summed E-state index contributed by atoms with van der Waals surface area (Å²) in [5.41, 5.74) is 4.90. The molecule has 1 aliphatic rings. The molecular formula is C33H40N2O4S. The molecule has 4 rings (SSSR count). The Morgan fingerprint density at radius 3 is 2.20 bits per heavy atom. The molecule has 1 heterocycles. The van der Waals surface area contributed by atoms with E-state index in [4.69, 9.17) is 18.9 Å². The van der Waals surface area contributed by atoms with Crippen LogP contribution in [0, 0.1) is 18.3 Å². The molecule has 3 aromatic rings. The second kappa shape index (κ2) is 14.3. The van der Waals surface area contributed by atoms with E-state index in [1.54, 1.807) is 40.2 Å². The lowest BCUT2D eigenvalue weighted by atomic mass is 9.87. The van der Waals surface area contributed by atoms with Gasteiger partial charge in [0.05, 0.1) is 45.8 Å². The van der Waals surface area contributed by atoms with Crippen LogP contribution in [0.25, 0.3) is 0 Å². The minimum absolute atomic E-state index is 0.0217. The van der Waals surface area contributed by atoms with Crippen LogP contribution in [0.4, 0.5) is 0 Å². The average Bonchev–Trinajstić information content (AvgIpc) is 2.99. The minimum atomic E-state index is -0.0217. The van der Waals surface area contributed by atoms with Gasteiger partial charge < -0.3 is 18.9 Å². The fourth-order valence-electron chi connectivity index (χ4n) is 5.40. The zero-order valence-corrected chi connectivity index (χ0v) is 25.1. The maximum absolute atomic E-state index is 9.70. The number of hydrogen-bond acceptors (Lipinski definition) is 7. The van der Waals surface area contributed by atoms with E-state index in [0.717, 1.165) is 78.7 Å². The van der Waals surface area contributed by atoms with E-state index in [1.165, 1.54) is 16.7 Å². The number of aryl methyl sites for hydroxylation is 1. The largest absolute Gasteiger partial charge is 0.493 e. The van der Waals surface area contributed by atoms with Crippen molar-refractivity contribution >= 4 is 11.8 Å². The molecule has 0 N–H and O–H groups in total. The fourth-order valence-corrected chi connectivity index (χ4v) is 6.36. The SMILES string of the molecule is COc1ccc(C2c3cc(OC)c(OC)cc3CCN2CCCCCC(C#N)Sc2ccc(C)cc2)cc1OC. The normalized spacial score (nSPS) is 15.6. The van der Waals surface area contributed by atoms with Gasteiger partial charge in [0.1, 0.15) is 0 Å². The van der Waals surface area contributed by atoms with Gasteiger partial charge >= 0.3 is 0 Å². The summed E-state index contributed by atoms with van der Waals surface area (Å²) in [6.07, 6.45) is 5.03. The summed E-state index contributed by atoms with van der Waals surface area (Å²) in [6, 6.07) is 21.4. The first kappa shape index (κ1) is 29.6. The molecule has 212 valence electrons. The molecule has 6 nitrogen and oxygen atoms in total. The number of benzene rings is 3. The maximum atomic E-state index is 9.70.